The third-order valence-electron chi connectivity index (χ3n) is 5.27. The number of hydrogen-bond donors (Lipinski definition) is 1. The molecule has 0 atom stereocenters. The lowest BCUT2D eigenvalue weighted by Crippen LogP contribution is -2.10. The molecule has 10 nitrogen and oxygen atoms in total. The molecule has 0 saturated carbocycles. The van der Waals surface area contributed by atoms with Crippen molar-refractivity contribution < 1.29 is 14.2 Å². The number of methoxy groups -OCH3 is 3. The summed E-state index contributed by atoms with van der Waals surface area (Å²) in [6.07, 6.45) is 3.63. The lowest BCUT2D eigenvalue weighted by molar-refractivity contribution is 0.354. The van der Waals surface area contributed by atoms with Crippen LogP contribution in [0, 0.1) is 6.92 Å². The predicted molar refractivity (Wildman–Crippen MR) is 127 cm³/mol. The van der Waals surface area contributed by atoms with Gasteiger partial charge < -0.3 is 19.9 Å². The van der Waals surface area contributed by atoms with Crippen LogP contribution in [0.3, 0.4) is 0 Å². The van der Waals surface area contributed by atoms with Gasteiger partial charge in [-0.1, -0.05) is 6.07 Å². The number of benzene rings is 1. The highest BCUT2D eigenvalue weighted by atomic mass is 16.5. The number of aryl methyl sites for hydroxylation is 3. The molecular weight excluding hydrogens is 434 g/mol. The number of hydrogen-bond acceptors (Lipinski definition) is 9. The lowest BCUT2D eigenvalue weighted by atomic mass is 10.1. The summed E-state index contributed by atoms with van der Waals surface area (Å²) < 4.78 is 17.6. The maximum Gasteiger partial charge on any atom is 0.240 e. The standard InChI is InChI=1S/C24H27N7O3/c1-15-27-18(7-6-17-8-9-19(32-2)14-26-17)13-23(28-15)31-22(29-24(25)30-31)12-16-5-10-20(33-3)21(11-16)34-4/h5,8-11,13-14H,6-7,12H2,1-4H3,(H2,25,30). The maximum absolute atomic E-state index is 5.96. The zero-order valence-electron chi connectivity index (χ0n) is 19.6. The van der Waals surface area contributed by atoms with Crippen LogP contribution < -0.4 is 19.9 Å². The summed E-state index contributed by atoms with van der Waals surface area (Å²) in [6.45, 7) is 1.85. The minimum atomic E-state index is 0.177. The van der Waals surface area contributed by atoms with E-state index in [1.165, 1.54) is 0 Å². The summed E-state index contributed by atoms with van der Waals surface area (Å²) in [5.74, 6) is 4.13. The van der Waals surface area contributed by atoms with Gasteiger partial charge in [-0.25, -0.2) is 9.97 Å². The average molecular weight is 462 g/mol. The normalized spacial score (nSPS) is 10.8. The highest BCUT2D eigenvalue weighted by Crippen LogP contribution is 2.28. The molecule has 0 aliphatic heterocycles. The molecule has 0 aliphatic carbocycles. The number of anilines is 1. The Bertz CT molecular complexity index is 1270. The van der Waals surface area contributed by atoms with Gasteiger partial charge in [0.2, 0.25) is 5.95 Å². The zero-order chi connectivity index (χ0) is 24.1. The molecule has 0 radical (unpaired) electrons. The first-order chi connectivity index (χ1) is 16.5. The molecule has 0 amide bonds. The van der Waals surface area contributed by atoms with Crippen molar-refractivity contribution in [2.75, 3.05) is 27.1 Å². The summed E-state index contributed by atoms with van der Waals surface area (Å²) in [5.41, 5.74) is 8.77. The zero-order valence-corrected chi connectivity index (χ0v) is 19.6. The maximum atomic E-state index is 5.96. The van der Waals surface area contributed by atoms with Crippen molar-refractivity contribution in [1.29, 1.82) is 0 Å². The fraction of sp³-hybridized carbons (Fsp3) is 0.292. The van der Waals surface area contributed by atoms with E-state index in [0.29, 0.717) is 41.8 Å². The van der Waals surface area contributed by atoms with Crippen molar-refractivity contribution in [2.24, 2.45) is 0 Å². The molecular formula is C24H27N7O3. The quantitative estimate of drug-likeness (QED) is 0.401. The van der Waals surface area contributed by atoms with Gasteiger partial charge >= 0.3 is 0 Å². The molecule has 3 heterocycles. The van der Waals surface area contributed by atoms with E-state index in [4.69, 9.17) is 19.9 Å². The summed E-state index contributed by atoms with van der Waals surface area (Å²) in [6, 6.07) is 11.5. The van der Waals surface area contributed by atoms with Crippen LogP contribution in [-0.4, -0.2) is 51.0 Å². The van der Waals surface area contributed by atoms with Gasteiger partial charge in [-0.2, -0.15) is 9.67 Å². The fourth-order valence-corrected chi connectivity index (χ4v) is 3.62. The molecule has 2 N–H and O–H groups in total. The van der Waals surface area contributed by atoms with E-state index in [9.17, 15) is 0 Å². The first kappa shape index (κ1) is 23.0. The van der Waals surface area contributed by atoms with Crippen LogP contribution in [0.2, 0.25) is 0 Å². The number of ether oxygens (including phenoxy) is 3. The van der Waals surface area contributed by atoms with Gasteiger partial charge in [-0.15, -0.1) is 5.10 Å². The first-order valence-corrected chi connectivity index (χ1v) is 10.7. The van der Waals surface area contributed by atoms with E-state index in [1.807, 2.05) is 43.3 Å². The van der Waals surface area contributed by atoms with Crippen molar-refractivity contribution in [2.45, 2.75) is 26.2 Å². The van der Waals surface area contributed by atoms with Crippen LogP contribution in [0.25, 0.3) is 5.82 Å². The van der Waals surface area contributed by atoms with Crippen molar-refractivity contribution >= 4 is 5.95 Å². The summed E-state index contributed by atoms with van der Waals surface area (Å²) in [4.78, 5) is 18.0. The molecule has 1 aromatic carbocycles. The third-order valence-corrected chi connectivity index (χ3v) is 5.27. The smallest absolute Gasteiger partial charge is 0.240 e. The van der Waals surface area contributed by atoms with E-state index in [-0.39, 0.29) is 5.95 Å². The van der Waals surface area contributed by atoms with Crippen LogP contribution in [-0.2, 0) is 19.3 Å². The highest BCUT2D eigenvalue weighted by molar-refractivity contribution is 5.44. The summed E-state index contributed by atoms with van der Waals surface area (Å²) in [7, 11) is 4.83. The highest BCUT2D eigenvalue weighted by Gasteiger charge is 2.15. The second kappa shape index (κ2) is 10.2. The molecule has 0 aliphatic rings. The minimum Gasteiger partial charge on any atom is -0.495 e. The first-order valence-electron chi connectivity index (χ1n) is 10.7. The SMILES string of the molecule is COc1ccc(CCc2cc(-n3nc(N)nc3Cc3ccc(OC)c(OC)c3)nc(C)n2)nc1. The van der Waals surface area contributed by atoms with Crippen LogP contribution in [0.1, 0.15) is 28.6 Å². The Kier molecular flexibility index (Phi) is 6.86. The monoisotopic (exact) mass is 461 g/mol. The Morgan fingerprint density at radius 1 is 0.853 bits per heavy atom. The number of pyridine rings is 1. The number of nitrogen functional groups attached to an aromatic ring is 1. The molecule has 0 saturated heterocycles. The Morgan fingerprint density at radius 3 is 2.35 bits per heavy atom. The molecule has 10 heteroatoms. The van der Waals surface area contributed by atoms with Gasteiger partial charge in [0.15, 0.2) is 17.3 Å². The van der Waals surface area contributed by atoms with Crippen LogP contribution in [0.15, 0.2) is 42.6 Å². The van der Waals surface area contributed by atoms with Crippen LogP contribution >= 0.6 is 0 Å². The number of nitrogens with zero attached hydrogens (tertiary/aromatic N) is 6. The Morgan fingerprint density at radius 2 is 1.65 bits per heavy atom. The molecule has 34 heavy (non-hydrogen) atoms. The van der Waals surface area contributed by atoms with Gasteiger partial charge in [0.1, 0.15) is 17.4 Å². The van der Waals surface area contributed by atoms with Crippen molar-refractivity contribution in [1.82, 2.24) is 29.7 Å². The fourth-order valence-electron chi connectivity index (χ4n) is 3.62. The van der Waals surface area contributed by atoms with E-state index in [1.54, 1.807) is 32.2 Å². The van der Waals surface area contributed by atoms with Crippen LogP contribution in [0.5, 0.6) is 17.2 Å². The Hall–Kier alpha value is -4.21. The largest absolute Gasteiger partial charge is 0.495 e. The van der Waals surface area contributed by atoms with Crippen molar-refractivity contribution in [3.63, 3.8) is 0 Å². The van der Waals surface area contributed by atoms with Crippen molar-refractivity contribution in [3.8, 4) is 23.1 Å². The van der Waals surface area contributed by atoms with E-state index in [2.05, 4.69) is 25.0 Å². The Balaban J connectivity index is 1.58. The van der Waals surface area contributed by atoms with Gasteiger partial charge in [-0.05, 0) is 49.6 Å². The molecule has 0 spiro atoms. The van der Waals surface area contributed by atoms with Crippen LogP contribution in [0.4, 0.5) is 5.95 Å². The Labute approximate surface area is 197 Å². The summed E-state index contributed by atoms with van der Waals surface area (Å²) >= 11 is 0. The van der Waals surface area contributed by atoms with Gasteiger partial charge in [0.25, 0.3) is 0 Å². The lowest BCUT2D eigenvalue weighted by Gasteiger charge is -2.11. The molecule has 0 unspecified atom stereocenters. The minimum absolute atomic E-state index is 0.177. The second-order valence-corrected chi connectivity index (χ2v) is 7.62. The number of rotatable bonds is 9. The number of aromatic nitrogens is 6. The third kappa shape index (κ3) is 5.22. The van der Waals surface area contributed by atoms with Gasteiger partial charge in [0, 0.05) is 23.9 Å². The van der Waals surface area contributed by atoms with E-state index < -0.39 is 0 Å². The molecule has 0 bridgehead atoms. The molecule has 4 aromatic rings. The predicted octanol–water partition coefficient (Wildman–Crippen LogP) is 2.74. The summed E-state index contributed by atoms with van der Waals surface area (Å²) in [5, 5.41) is 4.38. The van der Waals surface area contributed by atoms with Crippen molar-refractivity contribution in [3.05, 3.63) is 71.2 Å². The molecule has 176 valence electrons. The van der Waals surface area contributed by atoms with E-state index in [0.717, 1.165) is 29.1 Å². The van der Waals surface area contributed by atoms with Gasteiger partial charge in [-0.3, -0.25) is 4.98 Å². The molecule has 3 aromatic heterocycles. The molecule has 4 rings (SSSR count). The average Bonchev–Trinajstić information content (AvgIpc) is 3.22. The second-order valence-electron chi connectivity index (χ2n) is 7.62. The van der Waals surface area contributed by atoms with Gasteiger partial charge in [0.05, 0.1) is 27.5 Å². The molecule has 0 fully saturated rings. The van der Waals surface area contributed by atoms with E-state index >= 15 is 0 Å². The number of nitrogens with two attached hydrogens (primary N) is 1. The topological polar surface area (TPSA) is 123 Å².